The number of anilines is 1. The molecule has 0 spiro atoms. The van der Waals surface area contributed by atoms with Crippen molar-refractivity contribution in [3.8, 4) is 0 Å². The Hall–Kier alpha value is -1.15. The van der Waals surface area contributed by atoms with E-state index in [4.69, 9.17) is 10.6 Å². The summed E-state index contributed by atoms with van der Waals surface area (Å²) in [5.41, 5.74) is 4.61. The topological polar surface area (TPSA) is 93.5 Å². The van der Waals surface area contributed by atoms with Crippen LogP contribution in [-0.4, -0.2) is 28.2 Å². The molecule has 118 valence electrons. The summed E-state index contributed by atoms with van der Waals surface area (Å²) in [7, 11) is -3.51. The second kappa shape index (κ2) is 6.74. The van der Waals surface area contributed by atoms with Gasteiger partial charge in [0.25, 0.3) is 0 Å². The molecule has 1 aliphatic rings. The van der Waals surface area contributed by atoms with E-state index in [1.54, 1.807) is 26.0 Å². The number of aryl methyl sites for hydroxylation is 2. The lowest BCUT2D eigenvalue weighted by molar-refractivity contribution is 0.0678. The lowest BCUT2D eigenvalue weighted by Crippen LogP contribution is -2.33. The van der Waals surface area contributed by atoms with Crippen LogP contribution in [0.25, 0.3) is 0 Å². The van der Waals surface area contributed by atoms with Crippen LogP contribution in [0.2, 0.25) is 0 Å². The van der Waals surface area contributed by atoms with Crippen molar-refractivity contribution in [2.45, 2.75) is 31.6 Å². The van der Waals surface area contributed by atoms with Crippen molar-refractivity contribution < 1.29 is 13.2 Å². The van der Waals surface area contributed by atoms with Gasteiger partial charge in [-0.3, -0.25) is 5.84 Å². The minimum Gasteiger partial charge on any atom is -0.381 e. The summed E-state index contributed by atoms with van der Waals surface area (Å²) in [5.74, 6) is 5.72. The number of hydrogen-bond donors (Lipinski definition) is 3. The molecular weight excluding hydrogens is 290 g/mol. The molecule has 0 saturated carbocycles. The Bertz CT molecular complexity index is 572. The van der Waals surface area contributed by atoms with E-state index in [-0.39, 0.29) is 0 Å². The van der Waals surface area contributed by atoms with Crippen LogP contribution in [0.4, 0.5) is 5.69 Å². The molecule has 0 amide bonds. The van der Waals surface area contributed by atoms with Crippen molar-refractivity contribution >= 4 is 15.7 Å². The fraction of sp³-hybridized carbons (Fsp3) is 0.571. The van der Waals surface area contributed by atoms with Crippen LogP contribution in [0.3, 0.4) is 0 Å². The van der Waals surface area contributed by atoms with E-state index in [1.807, 2.05) is 0 Å². The predicted molar refractivity (Wildman–Crippen MR) is 82.5 cm³/mol. The maximum atomic E-state index is 12.5. The highest BCUT2D eigenvalue weighted by atomic mass is 32.2. The average molecular weight is 313 g/mol. The summed E-state index contributed by atoms with van der Waals surface area (Å²) in [5, 5.41) is 0. The highest BCUT2D eigenvalue weighted by Crippen LogP contribution is 2.24. The van der Waals surface area contributed by atoms with Crippen LogP contribution in [0, 0.1) is 19.8 Å². The second-order valence-electron chi connectivity index (χ2n) is 5.49. The van der Waals surface area contributed by atoms with Crippen LogP contribution in [-0.2, 0) is 14.8 Å². The Kier molecular flexibility index (Phi) is 5.21. The zero-order valence-electron chi connectivity index (χ0n) is 12.5. The molecule has 2 rings (SSSR count). The molecule has 1 aromatic carbocycles. The smallest absolute Gasteiger partial charge is 0.241 e. The third-order valence-corrected chi connectivity index (χ3v) is 5.53. The lowest BCUT2D eigenvalue weighted by atomic mass is 10.0. The highest BCUT2D eigenvalue weighted by Gasteiger charge is 2.22. The number of hydrazine groups is 1. The van der Waals surface area contributed by atoms with Crippen molar-refractivity contribution in [3.63, 3.8) is 0 Å². The molecule has 4 N–H and O–H groups in total. The highest BCUT2D eigenvalue weighted by molar-refractivity contribution is 7.89. The molecular formula is C14H23N3O3S. The summed E-state index contributed by atoms with van der Waals surface area (Å²) >= 11 is 0. The van der Waals surface area contributed by atoms with Gasteiger partial charge in [-0.15, -0.1) is 0 Å². The normalized spacial score (nSPS) is 16.9. The van der Waals surface area contributed by atoms with E-state index < -0.39 is 10.0 Å². The minimum absolute atomic E-state index is 0.341. The predicted octanol–water partition coefficient (Wildman–Crippen LogP) is 1.29. The molecule has 1 aromatic rings. The van der Waals surface area contributed by atoms with Crippen LogP contribution >= 0.6 is 0 Å². The first-order valence-electron chi connectivity index (χ1n) is 7.09. The van der Waals surface area contributed by atoms with Crippen LogP contribution in [0.15, 0.2) is 17.0 Å². The Balaban J connectivity index is 2.15. The van der Waals surface area contributed by atoms with Crippen molar-refractivity contribution in [2.24, 2.45) is 11.8 Å². The van der Waals surface area contributed by atoms with Gasteiger partial charge in [0.15, 0.2) is 0 Å². The van der Waals surface area contributed by atoms with Gasteiger partial charge >= 0.3 is 0 Å². The van der Waals surface area contributed by atoms with E-state index in [2.05, 4.69) is 10.1 Å². The van der Waals surface area contributed by atoms with Gasteiger partial charge in [-0.25, -0.2) is 13.1 Å². The van der Waals surface area contributed by atoms with Crippen molar-refractivity contribution in [2.75, 3.05) is 25.2 Å². The molecule has 0 bridgehead atoms. The van der Waals surface area contributed by atoms with Crippen LogP contribution < -0.4 is 16.0 Å². The first kappa shape index (κ1) is 16.2. The number of nitrogen functional groups attached to an aromatic ring is 1. The monoisotopic (exact) mass is 313 g/mol. The largest absolute Gasteiger partial charge is 0.381 e. The van der Waals surface area contributed by atoms with Crippen molar-refractivity contribution in [1.82, 2.24) is 4.72 Å². The molecule has 0 unspecified atom stereocenters. The Morgan fingerprint density at radius 2 is 1.81 bits per heavy atom. The number of sulfonamides is 1. The fourth-order valence-corrected chi connectivity index (χ4v) is 4.27. The van der Waals surface area contributed by atoms with Gasteiger partial charge in [0.2, 0.25) is 10.0 Å². The van der Waals surface area contributed by atoms with E-state index in [9.17, 15) is 8.42 Å². The third-order valence-electron chi connectivity index (χ3n) is 3.80. The third kappa shape index (κ3) is 3.94. The van der Waals surface area contributed by atoms with Gasteiger partial charge in [-0.2, -0.15) is 0 Å². The maximum Gasteiger partial charge on any atom is 0.241 e. The van der Waals surface area contributed by atoms with Crippen molar-refractivity contribution in [3.05, 3.63) is 23.3 Å². The number of benzene rings is 1. The zero-order valence-corrected chi connectivity index (χ0v) is 13.3. The SMILES string of the molecule is Cc1cc(NN)cc(C)c1S(=O)(=O)NCC1CCOCC1. The summed E-state index contributed by atoms with van der Waals surface area (Å²) in [6, 6.07) is 3.46. The Morgan fingerprint density at radius 1 is 1.24 bits per heavy atom. The molecule has 0 aromatic heterocycles. The number of hydrogen-bond acceptors (Lipinski definition) is 5. The first-order valence-corrected chi connectivity index (χ1v) is 8.57. The molecule has 21 heavy (non-hydrogen) atoms. The molecule has 1 aliphatic heterocycles. The molecule has 1 heterocycles. The summed E-state index contributed by atoms with van der Waals surface area (Å²) in [4.78, 5) is 0.341. The van der Waals surface area contributed by atoms with E-state index in [0.29, 0.717) is 47.4 Å². The quantitative estimate of drug-likeness (QED) is 0.563. The maximum absolute atomic E-state index is 12.5. The zero-order chi connectivity index (χ0) is 15.5. The molecule has 6 nitrogen and oxygen atoms in total. The number of nitrogens with one attached hydrogen (secondary N) is 2. The van der Waals surface area contributed by atoms with E-state index >= 15 is 0 Å². The van der Waals surface area contributed by atoms with Crippen LogP contribution in [0.5, 0.6) is 0 Å². The van der Waals surface area contributed by atoms with Gasteiger partial charge < -0.3 is 10.2 Å². The molecule has 0 atom stereocenters. The standard InChI is InChI=1S/C14H23N3O3S/c1-10-7-13(17-15)8-11(2)14(10)21(18,19)16-9-12-3-5-20-6-4-12/h7-8,12,16-17H,3-6,9,15H2,1-2H3. The van der Waals surface area contributed by atoms with E-state index in [1.165, 1.54) is 0 Å². The first-order chi connectivity index (χ1) is 9.94. The molecule has 1 fully saturated rings. The lowest BCUT2D eigenvalue weighted by Gasteiger charge is -2.22. The summed E-state index contributed by atoms with van der Waals surface area (Å²) < 4.78 is 33.1. The Labute approximate surface area is 126 Å². The number of ether oxygens (including phenoxy) is 1. The van der Waals surface area contributed by atoms with Gasteiger partial charge in [-0.05, 0) is 55.9 Å². The summed E-state index contributed by atoms with van der Waals surface area (Å²) in [6.45, 7) is 5.43. The molecule has 0 radical (unpaired) electrons. The van der Waals surface area contributed by atoms with Crippen LogP contribution in [0.1, 0.15) is 24.0 Å². The molecule has 1 saturated heterocycles. The van der Waals surface area contributed by atoms with Gasteiger partial charge in [-0.1, -0.05) is 0 Å². The molecule has 0 aliphatic carbocycles. The minimum atomic E-state index is -3.51. The van der Waals surface area contributed by atoms with E-state index in [0.717, 1.165) is 12.8 Å². The van der Waals surface area contributed by atoms with Gasteiger partial charge in [0.1, 0.15) is 0 Å². The summed E-state index contributed by atoms with van der Waals surface area (Å²) in [6.07, 6.45) is 1.80. The number of rotatable bonds is 5. The second-order valence-corrected chi connectivity index (χ2v) is 7.19. The Morgan fingerprint density at radius 3 is 2.33 bits per heavy atom. The van der Waals surface area contributed by atoms with Crippen molar-refractivity contribution in [1.29, 1.82) is 0 Å². The average Bonchev–Trinajstić information content (AvgIpc) is 2.45. The molecule has 7 heteroatoms. The fourth-order valence-electron chi connectivity index (χ4n) is 2.71. The number of nitrogens with two attached hydrogens (primary N) is 1. The van der Waals surface area contributed by atoms with Gasteiger partial charge in [0.05, 0.1) is 4.90 Å². The van der Waals surface area contributed by atoms with Gasteiger partial charge in [0, 0.05) is 25.4 Å².